The zero-order valence-corrected chi connectivity index (χ0v) is 4.18. The molecule has 0 aliphatic carbocycles. The molecule has 0 aromatic carbocycles. The second-order valence-electron chi connectivity index (χ2n) is 1.38. The first-order valence-electron chi connectivity index (χ1n) is 2.27. The van der Waals surface area contributed by atoms with Gasteiger partial charge in [-0.05, 0) is 18.9 Å². The van der Waals surface area contributed by atoms with E-state index in [1.54, 1.807) is 6.26 Å². The number of hydrogen-bond donors (Lipinski definition) is 0. The summed E-state index contributed by atoms with van der Waals surface area (Å²) in [5.74, 6) is 0. The van der Waals surface area contributed by atoms with Crippen LogP contribution in [0.25, 0.3) is 0 Å². The molecule has 1 heterocycles. The Balaban J connectivity index is 0.000000360. The molecule has 0 aromatic rings. The summed E-state index contributed by atoms with van der Waals surface area (Å²) >= 11 is 0. The molecule has 0 bridgehead atoms. The summed E-state index contributed by atoms with van der Waals surface area (Å²) in [4.78, 5) is 0. The number of ether oxygens (including phenoxy) is 1. The zero-order chi connectivity index (χ0) is 4.24. The molecule has 1 aliphatic heterocycles. The van der Waals surface area contributed by atoms with Gasteiger partial charge in [0.25, 0.3) is 0 Å². The number of rotatable bonds is 0. The van der Waals surface area contributed by atoms with Crippen molar-refractivity contribution in [2.75, 3.05) is 6.61 Å². The van der Waals surface area contributed by atoms with Crippen molar-refractivity contribution in [1.29, 1.82) is 0 Å². The molecule has 42 valence electrons. The standard InChI is InChI=1S/C5H8O.H2O/c1-2-4-6-5-3-1;/h2,4H,1,3,5H2;1H2. The third-order valence-electron chi connectivity index (χ3n) is 0.825. The van der Waals surface area contributed by atoms with Crippen molar-refractivity contribution >= 4 is 0 Å². The van der Waals surface area contributed by atoms with Crippen molar-refractivity contribution in [2.24, 2.45) is 0 Å². The Morgan fingerprint density at radius 1 is 1.43 bits per heavy atom. The Bertz CT molecular complexity index is 51.1. The van der Waals surface area contributed by atoms with Crippen molar-refractivity contribution in [3.63, 3.8) is 0 Å². The van der Waals surface area contributed by atoms with Crippen LogP contribution in [0.4, 0.5) is 0 Å². The molecule has 0 amide bonds. The van der Waals surface area contributed by atoms with E-state index < -0.39 is 0 Å². The van der Waals surface area contributed by atoms with Gasteiger partial charge in [0.1, 0.15) is 0 Å². The van der Waals surface area contributed by atoms with E-state index in [0.29, 0.717) is 0 Å². The summed E-state index contributed by atoms with van der Waals surface area (Å²) in [5.41, 5.74) is 0. The quantitative estimate of drug-likeness (QED) is 0.438. The minimum atomic E-state index is 0. The third kappa shape index (κ3) is 2.23. The highest BCUT2D eigenvalue weighted by Gasteiger charge is 1.86. The first-order valence-corrected chi connectivity index (χ1v) is 2.27. The molecule has 1 rings (SSSR count). The van der Waals surface area contributed by atoms with E-state index in [1.807, 2.05) is 6.08 Å². The molecular formula is C5H10O2. The maximum absolute atomic E-state index is 4.89. The Kier molecular flexibility index (Phi) is 3.42. The van der Waals surface area contributed by atoms with Crippen LogP contribution in [0, 0.1) is 0 Å². The minimum Gasteiger partial charge on any atom is -0.502 e. The van der Waals surface area contributed by atoms with Crippen molar-refractivity contribution in [2.45, 2.75) is 12.8 Å². The van der Waals surface area contributed by atoms with Gasteiger partial charge in [-0.3, -0.25) is 0 Å². The second kappa shape index (κ2) is 3.68. The molecule has 0 atom stereocenters. The maximum Gasteiger partial charge on any atom is 0.0876 e. The molecule has 0 fully saturated rings. The molecule has 2 N–H and O–H groups in total. The van der Waals surface area contributed by atoms with E-state index in [-0.39, 0.29) is 5.48 Å². The average Bonchev–Trinajstić information content (AvgIpc) is 1.72. The summed E-state index contributed by atoms with van der Waals surface area (Å²) in [7, 11) is 0. The monoisotopic (exact) mass is 102 g/mol. The molecule has 0 radical (unpaired) electrons. The molecular weight excluding hydrogens is 92.1 g/mol. The fourth-order valence-electron chi connectivity index (χ4n) is 0.489. The highest BCUT2D eigenvalue weighted by atomic mass is 16.5. The average molecular weight is 102 g/mol. The Morgan fingerprint density at radius 2 is 2.29 bits per heavy atom. The van der Waals surface area contributed by atoms with Crippen molar-refractivity contribution in [1.82, 2.24) is 0 Å². The molecule has 0 unspecified atom stereocenters. The Labute approximate surface area is 43.1 Å². The normalized spacial score (nSPS) is 17.1. The fourth-order valence-corrected chi connectivity index (χ4v) is 0.489. The highest BCUT2D eigenvalue weighted by molar-refractivity contribution is 4.76. The predicted molar refractivity (Wildman–Crippen MR) is 27.9 cm³/mol. The third-order valence-corrected chi connectivity index (χ3v) is 0.825. The summed E-state index contributed by atoms with van der Waals surface area (Å²) in [6.07, 6.45) is 6.20. The van der Waals surface area contributed by atoms with Gasteiger partial charge in [-0.2, -0.15) is 0 Å². The van der Waals surface area contributed by atoms with Crippen molar-refractivity contribution in [3.05, 3.63) is 12.3 Å². The molecule has 0 spiro atoms. The topological polar surface area (TPSA) is 40.7 Å². The van der Waals surface area contributed by atoms with Crippen LogP contribution in [0.3, 0.4) is 0 Å². The summed E-state index contributed by atoms with van der Waals surface area (Å²) in [6.45, 7) is 0.913. The lowest BCUT2D eigenvalue weighted by Gasteiger charge is -2.01. The van der Waals surface area contributed by atoms with E-state index >= 15 is 0 Å². The predicted octanol–water partition coefficient (Wildman–Crippen LogP) is 0.486. The van der Waals surface area contributed by atoms with Gasteiger partial charge in [-0.25, -0.2) is 0 Å². The zero-order valence-electron chi connectivity index (χ0n) is 4.18. The van der Waals surface area contributed by atoms with Gasteiger partial charge >= 0.3 is 0 Å². The van der Waals surface area contributed by atoms with Crippen LogP contribution in [-0.2, 0) is 4.74 Å². The SMILES string of the molecule is C1=COCCC1.O. The van der Waals surface area contributed by atoms with Crippen molar-refractivity contribution < 1.29 is 10.2 Å². The smallest absolute Gasteiger partial charge is 0.0876 e. The largest absolute Gasteiger partial charge is 0.502 e. The summed E-state index contributed by atoms with van der Waals surface area (Å²) in [6, 6.07) is 0. The first-order chi connectivity index (χ1) is 3.00. The van der Waals surface area contributed by atoms with Crippen LogP contribution in [0.1, 0.15) is 12.8 Å². The van der Waals surface area contributed by atoms with Gasteiger partial charge in [-0.1, -0.05) is 0 Å². The van der Waals surface area contributed by atoms with Gasteiger partial charge in [0.2, 0.25) is 0 Å². The van der Waals surface area contributed by atoms with E-state index in [1.165, 1.54) is 12.8 Å². The van der Waals surface area contributed by atoms with E-state index in [2.05, 4.69) is 0 Å². The number of hydrogen-bond acceptors (Lipinski definition) is 1. The van der Waals surface area contributed by atoms with E-state index in [4.69, 9.17) is 4.74 Å². The van der Waals surface area contributed by atoms with Crippen LogP contribution < -0.4 is 0 Å². The van der Waals surface area contributed by atoms with E-state index in [0.717, 1.165) is 6.61 Å². The number of allylic oxidation sites excluding steroid dienone is 1. The molecule has 2 heteroatoms. The van der Waals surface area contributed by atoms with E-state index in [9.17, 15) is 0 Å². The highest BCUT2D eigenvalue weighted by Crippen LogP contribution is 1.97. The van der Waals surface area contributed by atoms with Gasteiger partial charge in [0, 0.05) is 0 Å². The Hall–Kier alpha value is -0.500. The van der Waals surface area contributed by atoms with Crippen LogP contribution in [0.5, 0.6) is 0 Å². The molecule has 7 heavy (non-hydrogen) atoms. The van der Waals surface area contributed by atoms with Crippen LogP contribution in [-0.4, -0.2) is 12.1 Å². The van der Waals surface area contributed by atoms with Crippen molar-refractivity contribution in [3.8, 4) is 0 Å². The maximum atomic E-state index is 4.89. The lowest BCUT2D eigenvalue weighted by Crippen LogP contribution is -1.90. The van der Waals surface area contributed by atoms with Crippen LogP contribution in [0.2, 0.25) is 0 Å². The van der Waals surface area contributed by atoms with Crippen LogP contribution in [0.15, 0.2) is 12.3 Å². The van der Waals surface area contributed by atoms with Gasteiger partial charge in [-0.15, -0.1) is 0 Å². The van der Waals surface area contributed by atoms with Gasteiger partial charge < -0.3 is 10.2 Å². The Morgan fingerprint density at radius 3 is 2.43 bits per heavy atom. The molecule has 0 aromatic heterocycles. The van der Waals surface area contributed by atoms with Gasteiger partial charge in [0.15, 0.2) is 0 Å². The first kappa shape index (κ1) is 6.50. The van der Waals surface area contributed by atoms with Gasteiger partial charge in [0.05, 0.1) is 12.9 Å². The van der Waals surface area contributed by atoms with Crippen LogP contribution >= 0.6 is 0 Å². The minimum absolute atomic E-state index is 0. The lowest BCUT2D eigenvalue weighted by atomic mass is 10.3. The molecule has 0 saturated carbocycles. The summed E-state index contributed by atoms with van der Waals surface area (Å²) < 4.78 is 4.89. The molecule has 0 saturated heterocycles. The fraction of sp³-hybridized carbons (Fsp3) is 0.600. The summed E-state index contributed by atoms with van der Waals surface area (Å²) in [5, 5.41) is 0. The lowest BCUT2D eigenvalue weighted by molar-refractivity contribution is 0.231. The molecule has 2 nitrogen and oxygen atoms in total. The molecule has 1 aliphatic rings. The second-order valence-corrected chi connectivity index (χ2v) is 1.38.